The minimum Gasteiger partial charge on any atom is -0.330 e. The van der Waals surface area contributed by atoms with Gasteiger partial charge in [-0.15, -0.1) is 0 Å². The lowest BCUT2D eigenvalue weighted by atomic mass is 9.76. The standard InChI is InChI=1S/C13H28N4O2S/c1-16(2)13(6-4-7-13)11-15-20(18,19)17-8-3-5-12(9-14)10-17/h12,15H,3-11,14H2,1-2H3. The second-order valence-electron chi connectivity index (χ2n) is 6.40. The van der Waals surface area contributed by atoms with Crippen molar-refractivity contribution in [2.45, 2.75) is 37.6 Å². The van der Waals surface area contributed by atoms with Gasteiger partial charge in [0.15, 0.2) is 0 Å². The van der Waals surface area contributed by atoms with Crippen LogP contribution in [0.1, 0.15) is 32.1 Å². The highest BCUT2D eigenvalue weighted by atomic mass is 32.2. The van der Waals surface area contributed by atoms with E-state index in [-0.39, 0.29) is 5.54 Å². The van der Waals surface area contributed by atoms with Crippen molar-refractivity contribution in [3.63, 3.8) is 0 Å². The maximum Gasteiger partial charge on any atom is 0.279 e. The van der Waals surface area contributed by atoms with E-state index in [0.717, 1.165) is 25.7 Å². The molecule has 1 aliphatic heterocycles. The van der Waals surface area contributed by atoms with Crippen LogP contribution in [0.5, 0.6) is 0 Å². The van der Waals surface area contributed by atoms with Crippen LogP contribution in [0.25, 0.3) is 0 Å². The van der Waals surface area contributed by atoms with E-state index in [1.807, 2.05) is 14.1 Å². The monoisotopic (exact) mass is 304 g/mol. The molecule has 2 rings (SSSR count). The molecule has 0 aromatic rings. The average Bonchev–Trinajstić information content (AvgIpc) is 2.37. The summed E-state index contributed by atoms with van der Waals surface area (Å²) in [4.78, 5) is 2.15. The normalized spacial score (nSPS) is 27.5. The van der Waals surface area contributed by atoms with Gasteiger partial charge in [-0.05, 0) is 58.7 Å². The Morgan fingerprint density at radius 2 is 2.05 bits per heavy atom. The van der Waals surface area contributed by atoms with Gasteiger partial charge in [-0.3, -0.25) is 0 Å². The molecule has 0 spiro atoms. The van der Waals surface area contributed by atoms with Crippen LogP contribution in [0.4, 0.5) is 0 Å². The number of nitrogens with two attached hydrogens (primary N) is 1. The molecule has 1 atom stereocenters. The van der Waals surface area contributed by atoms with Gasteiger partial charge in [-0.25, -0.2) is 4.72 Å². The molecule has 0 bridgehead atoms. The maximum atomic E-state index is 12.4. The molecule has 1 unspecified atom stereocenters. The van der Waals surface area contributed by atoms with Crippen molar-refractivity contribution in [1.29, 1.82) is 0 Å². The minimum atomic E-state index is -3.37. The highest BCUT2D eigenvalue weighted by Gasteiger charge is 2.40. The number of hydrogen-bond acceptors (Lipinski definition) is 4. The summed E-state index contributed by atoms with van der Waals surface area (Å²) in [6.45, 7) is 2.24. The third-order valence-corrected chi connectivity index (χ3v) is 6.49. The van der Waals surface area contributed by atoms with Crippen LogP contribution in [-0.2, 0) is 10.2 Å². The first-order valence-corrected chi connectivity index (χ1v) is 8.96. The minimum absolute atomic E-state index is 0.0100. The largest absolute Gasteiger partial charge is 0.330 e. The zero-order valence-electron chi connectivity index (χ0n) is 12.6. The first-order chi connectivity index (χ1) is 9.39. The van der Waals surface area contributed by atoms with Gasteiger partial charge in [0.1, 0.15) is 0 Å². The molecule has 0 aromatic heterocycles. The molecule has 118 valence electrons. The first-order valence-electron chi connectivity index (χ1n) is 7.52. The number of nitrogens with zero attached hydrogens (tertiary/aromatic N) is 2. The Morgan fingerprint density at radius 3 is 2.55 bits per heavy atom. The summed E-state index contributed by atoms with van der Waals surface area (Å²) in [6.07, 6.45) is 5.24. The fraction of sp³-hybridized carbons (Fsp3) is 1.00. The van der Waals surface area contributed by atoms with E-state index < -0.39 is 10.2 Å². The molecule has 1 heterocycles. The molecule has 7 heteroatoms. The smallest absolute Gasteiger partial charge is 0.279 e. The zero-order chi connectivity index (χ0) is 14.8. The van der Waals surface area contributed by atoms with E-state index in [1.165, 1.54) is 6.42 Å². The summed E-state index contributed by atoms with van der Waals surface area (Å²) in [5.74, 6) is 0.298. The van der Waals surface area contributed by atoms with Gasteiger partial charge in [-0.1, -0.05) is 0 Å². The van der Waals surface area contributed by atoms with Crippen LogP contribution >= 0.6 is 0 Å². The highest BCUT2D eigenvalue weighted by Crippen LogP contribution is 2.35. The van der Waals surface area contributed by atoms with Crippen LogP contribution in [-0.4, -0.2) is 63.4 Å². The molecular formula is C13H28N4O2S. The van der Waals surface area contributed by atoms with Crippen molar-refractivity contribution in [1.82, 2.24) is 13.9 Å². The first kappa shape index (κ1) is 16.2. The van der Waals surface area contributed by atoms with Crippen LogP contribution in [0.15, 0.2) is 0 Å². The van der Waals surface area contributed by atoms with Gasteiger partial charge in [0, 0.05) is 25.2 Å². The average molecular weight is 304 g/mol. The van der Waals surface area contributed by atoms with Crippen LogP contribution in [0, 0.1) is 5.92 Å². The van der Waals surface area contributed by atoms with E-state index in [1.54, 1.807) is 4.31 Å². The lowest BCUT2D eigenvalue weighted by Crippen LogP contribution is -2.59. The van der Waals surface area contributed by atoms with Gasteiger partial charge in [0.05, 0.1) is 0 Å². The zero-order valence-corrected chi connectivity index (χ0v) is 13.5. The quantitative estimate of drug-likeness (QED) is 0.723. The fourth-order valence-electron chi connectivity index (χ4n) is 3.12. The fourth-order valence-corrected chi connectivity index (χ4v) is 4.53. The topological polar surface area (TPSA) is 78.7 Å². The molecule has 1 aliphatic carbocycles. The third-order valence-electron chi connectivity index (χ3n) is 4.97. The lowest BCUT2D eigenvalue weighted by molar-refractivity contribution is 0.0651. The van der Waals surface area contributed by atoms with Gasteiger partial charge < -0.3 is 10.6 Å². The Labute approximate surface area is 122 Å². The van der Waals surface area contributed by atoms with Crippen LogP contribution < -0.4 is 10.5 Å². The molecule has 3 N–H and O–H groups in total. The third kappa shape index (κ3) is 3.33. The highest BCUT2D eigenvalue weighted by molar-refractivity contribution is 7.87. The van der Waals surface area contributed by atoms with Crippen LogP contribution in [0.2, 0.25) is 0 Å². The second kappa shape index (κ2) is 6.27. The molecule has 20 heavy (non-hydrogen) atoms. The molecular weight excluding hydrogens is 276 g/mol. The van der Waals surface area contributed by atoms with E-state index >= 15 is 0 Å². The number of rotatable bonds is 6. The lowest BCUT2D eigenvalue weighted by Gasteiger charge is -2.47. The van der Waals surface area contributed by atoms with Crippen molar-refractivity contribution in [3.05, 3.63) is 0 Å². The molecule has 6 nitrogen and oxygen atoms in total. The predicted molar refractivity (Wildman–Crippen MR) is 80.5 cm³/mol. The summed E-state index contributed by atoms with van der Waals surface area (Å²) in [5.41, 5.74) is 5.68. The molecule has 2 aliphatic rings. The summed E-state index contributed by atoms with van der Waals surface area (Å²) < 4.78 is 29.2. The number of nitrogens with one attached hydrogen (secondary N) is 1. The van der Waals surface area contributed by atoms with E-state index in [2.05, 4.69) is 9.62 Å². The van der Waals surface area contributed by atoms with Crippen molar-refractivity contribution < 1.29 is 8.42 Å². The van der Waals surface area contributed by atoms with E-state index in [9.17, 15) is 8.42 Å². The van der Waals surface area contributed by atoms with Gasteiger partial charge in [-0.2, -0.15) is 12.7 Å². The van der Waals surface area contributed by atoms with Gasteiger partial charge in [0.2, 0.25) is 0 Å². The van der Waals surface area contributed by atoms with Gasteiger partial charge in [0.25, 0.3) is 10.2 Å². The molecule has 0 amide bonds. The summed E-state index contributed by atoms with van der Waals surface area (Å²) in [6, 6.07) is 0. The molecule has 2 fully saturated rings. The van der Waals surface area contributed by atoms with E-state index in [0.29, 0.717) is 32.1 Å². The molecule has 0 radical (unpaired) electrons. The van der Waals surface area contributed by atoms with Crippen molar-refractivity contribution >= 4 is 10.2 Å². The van der Waals surface area contributed by atoms with Crippen molar-refractivity contribution in [2.24, 2.45) is 11.7 Å². The Morgan fingerprint density at radius 1 is 1.35 bits per heavy atom. The summed E-state index contributed by atoms with van der Waals surface area (Å²) >= 11 is 0. The molecule has 1 saturated heterocycles. The second-order valence-corrected chi connectivity index (χ2v) is 8.16. The number of piperidine rings is 1. The van der Waals surface area contributed by atoms with Crippen LogP contribution in [0.3, 0.4) is 0 Å². The predicted octanol–water partition coefficient (Wildman–Crippen LogP) is -0.0242. The Balaban J connectivity index is 1.93. The Hall–Kier alpha value is -0.210. The van der Waals surface area contributed by atoms with Crippen molar-refractivity contribution in [3.8, 4) is 0 Å². The van der Waals surface area contributed by atoms with Gasteiger partial charge >= 0.3 is 0 Å². The molecule has 1 saturated carbocycles. The summed E-state index contributed by atoms with van der Waals surface area (Å²) in [7, 11) is 0.685. The van der Waals surface area contributed by atoms with Crippen molar-refractivity contribution in [2.75, 3.05) is 40.3 Å². The Kier molecular flexibility index (Phi) is 5.07. The Bertz CT molecular complexity index is 420. The maximum absolute atomic E-state index is 12.4. The molecule has 0 aromatic carbocycles. The number of hydrogen-bond donors (Lipinski definition) is 2. The summed E-state index contributed by atoms with van der Waals surface area (Å²) in [5, 5.41) is 0. The van der Waals surface area contributed by atoms with E-state index in [4.69, 9.17) is 5.73 Å². The number of likely N-dealkylation sites (N-methyl/N-ethyl adjacent to an activating group) is 1. The SMILES string of the molecule is CN(C)C1(CNS(=O)(=O)N2CCCC(CN)C2)CCC1.